The SMILES string of the molecule is C.CC.CC.CC1=CCCC1.CC1=CCCCC1. The molecule has 0 saturated carbocycles. The number of hydrogen-bond donors (Lipinski definition) is 0. The Balaban J connectivity index is -0.000000189. The van der Waals surface area contributed by atoms with Crippen LogP contribution in [0.5, 0.6) is 0 Å². The van der Waals surface area contributed by atoms with E-state index in [0.29, 0.717) is 0 Å². The van der Waals surface area contributed by atoms with E-state index < -0.39 is 0 Å². The molecule has 0 spiro atoms. The van der Waals surface area contributed by atoms with Crippen molar-refractivity contribution in [2.24, 2.45) is 0 Å². The predicted octanol–water partition coefficient (Wildman–Crippen LogP) is 7.31. The highest BCUT2D eigenvalue weighted by molar-refractivity contribution is 5.03. The average Bonchev–Trinajstić information content (AvgIpc) is 2.87. The molecule has 0 nitrogen and oxygen atoms in total. The molecule has 0 heteroatoms. The van der Waals surface area contributed by atoms with Crippen molar-refractivity contribution >= 4 is 0 Å². The smallest absolute Gasteiger partial charge is 0.0320 e. The molecule has 0 radical (unpaired) electrons. The zero-order valence-corrected chi connectivity index (χ0v) is 13.1. The third-order valence-electron chi connectivity index (χ3n) is 2.79. The first-order valence-corrected chi connectivity index (χ1v) is 7.60. The van der Waals surface area contributed by atoms with Crippen LogP contribution in [-0.4, -0.2) is 0 Å². The van der Waals surface area contributed by atoms with Crippen LogP contribution in [-0.2, 0) is 0 Å². The number of rotatable bonds is 0. The predicted molar refractivity (Wildman–Crippen MR) is 89.3 cm³/mol. The summed E-state index contributed by atoms with van der Waals surface area (Å²) in [5, 5.41) is 0. The summed E-state index contributed by atoms with van der Waals surface area (Å²) >= 11 is 0. The summed E-state index contributed by atoms with van der Waals surface area (Å²) in [6.45, 7) is 12.4. The minimum Gasteiger partial charge on any atom is -0.0856 e. The molecule has 110 valence electrons. The maximum absolute atomic E-state index is 2.35. The van der Waals surface area contributed by atoms with Crippen LogP contribution in [0, 0.1) is 0 Å². The molecule has 0 bridgehead atoms. The largest absolute Gasteiger partial charge is 0.0856 e. The van der Waals surface area contributed by atoms with E-state index in [0.717, 1.165) is 0 Å². The molecule has 0 aromatic carbocycles. The monoisotopic (exact) mass is 254 g/mol. The standard InChI is InChI=1S/C7H12.C6H10.2C2H6.CH4/c1-7-5-3-2-4-6-7;1-6-4-2-3-5-6;2*1-2;/h5H,2-4,6H2,1H3;4H,2-3,5H2,1H3;2*1-2H3;1H4. The summed E-state index contributed by atoms with van der Waals surface area (Å²) < 4.78 is 0. The minimum atomic E-state index is 0. The van der Waals surface area contributed by atoms with Crippen LogP contribution in [0.3, 0.4) is 0 Å². The second-order valence-corrected chi connectivity index (χ2v) is 4.24. The van der Waals surface area contributed by atoms with Crippen molar-refractivity contribution in [2.45, 2.75) is 93.9 Å². The van der Waals surface area contributed by atoms with Gasteiger partial charge in [0, 0.05) is 0 Å². The molecule has 0 aromatic heterocycles. The maximum Gasteiger partial charge on any atom is -0.0320 e. The van der Waals surface area contributed by atoms with Crippen LogP contribution in [0.25, 0.3) is 0 Å². The van der Waals surface area contributed by atoms with Crippen molar-refractivity contribution in [1.82, 2.24) is 0 Å². The molecule has 2 aliphatic rings. The van der Waals surface area contributed by atoms with Gasteiger partial charge in [-0.15, -0.1) is 0 Å². The van der Waals surface area contributed by atoms with Crippen molar-refractivity contribution in [1.29, 1.82) is 0 Å². The van der Waals surface area contributed by atoms with Gasteiger partial charge in [-0.25, -0.2) is 0 Å². The topological polar surface area (TPSA) is 0 Å². The lowest BCUT2D eigenvalue weighted by molar-refractivity contribution is 0.702. The fourth-order valence-corrected chi connectivity index (χ4v) is 1.83. The highest BCUT2D eigenvalue weighted by Gasteiger charge is 1.95. The second kappa shape index (κ2) is 18.8. The molecule has 0 fully saturated rings. The molecular weight excluding hydrogens is 216 g/mol. The van der Waals surface area contributed by atoms with E-state index in [2.05, 4.69) is 26.0 Å². The zero-order valence-electron chi connectivity index (χ0n) is 13.1. The van der Waals surface area contributed by atoms with E-state index in [1.807, 2.05) is 27.7 Å². The lowest BCUT2D eigenvalue weighted by Crippen LogP contribution is -1.85. The highest BCUT2D eigenvalue weighted by Crippen LogP contribution is 2.15. The van der Waals surface area contributed by atoms with Gasteiger partial charge in [-0.2, -0.15) is 0 Å². The Morgan fingerprint density at radius 1 is 0.667 bits per heavy atom. The summed E-state index contributed by atoms with van der Waals surface area (Å²) in [4.78, 5) is 0. The summed E-state index contributed by atoms with van der Waals surface area (Å²) in [6, 6.07) is 0. The molecule has 0 atom stereocenters. The second-order valence-electron chi connectivity index (χ2n) is 4.24. The van der Waals surface area contributed by atoms with Gasteiger partial charge in [0.25, 0.3) is 0 Å². The Morgan fingerprint density at radius 3 is 1.22 bits per heavy atom. The summed E-state index contributed by atoms with van der Waals surface area (Å²) in [5.74, 6) is 0. The third-order valence-corrected chi connectivity index (χ3v) is 2.79. The lowest BCUT2D eigenvalue weighted by atomic mass is 10.0. The normalized spacial score (nSPS) is 16.1. The van der Waals surface area contributed by atoms with E-state index in [1.54, 1.807) is 11.1 Å². The fourth-order valence-electron chi connectivity index (χ4n) is 1.83. The Hall–Kier alpha value is -0.520. The quantitative estimate of drug-likeness (QED) is 0.397. The molecule has 2 aliphatic carbocycles. The van der Waals surface area contributed by atoms with Gasteiger partial charge < -0.3 is 0 Å². The van der Waals surface area contributed by atoms with Gasteiger partial charge in [0.1, 0.15) is 0 Å². The Morgan fingerprint density at radius 2 is 1.06 bits per heavy atom. The van der Waals surface area contributed by atoms with Crippen molar-refractivity contribution in [2.75, 3.05) is 0 Å². The van der Waals surface area contributed by atoms with Gasteiger partial charge in [-0.3, -0.25) is 0 Å². The first-order valence-electron chi connectivity index (χ1n) is 7.60. The molecule has 18 heavy (non-hydrogen) atoms. The molecular formula is C18H38. The van der Waals surface area contributed by atoms with Crippen molar-refractivity contribution in [3.05, 3.63) is 23.3 Å². The molecule has 0 aromatic rings. The molecule has 0 amide bonds. The summed E-state index contributed by atoms with van der Waals surface area (Å²) in [6.07, 6.45) is 14.2. The molecule has 0 heterocycles. The molecule has 0 aliphatic heterocycles. The minimum absolute atomic E-state index is 0. The first-order chi connectivity index (χ1) is 8.29. The lowest BCUT2D eigenvalue weighted by Gasteiger charge is -2.05. The number of allylic oxidation sites excluding steroid dienone is 4. The van der Waals surface area contributed by atoms with E-state index >= 15 is 0 Å². The van der Waals surface area contributed by atoms with E-state index in [4.69, 9.17) is 0 Å². The van der Waals surface area contributed by atoms with Gasteiger partial charge in [0.15, 0.2) is 0 Å². The van der Waals surface area contributed by atoms with Crippen LogP contribution in [0.2, 0.25) is 0 Å². The van der Waals surface area contributed by atoms with Crippen molar-refractivity contribution in [3.8, 4) is 0 Å². The molecule has 0 N–H and O–H groups in total. The van der Waals surface area contributed by atoms with Gasteiger partial charge in [0.2, 0.25) is 0 Å². The third kappa shape index (κ3) is 15.5. The molecule has 2 rings (SSSR count). The zero-order chi connectivity index (χ0) is 13.5. The summed E-state index contributed by atoms with van der Waals surface area (Å²) in [7, 11) is 0. The van der Waals surface area contributed by atoms with Crippen LogP contribution in [0.15, 0.2) is 23.3 Å². The fraction of sp³-hybridized carbons (Fsp3) is 0.778. The van der Waals surface area contributed by atoms with Crippen LogP contribution in [0.1, 0.15) is 93.9 Å². The van der Waals surface area contributed by atoms with Gasteiger partial charge in [-0.1, -0.05) is 58.4 Å². The van der Waals surface area contributed by atoms with Crippen LogP contribution in [0.4, 0.5) is 0 Å². The maximum atomic E-state index is 2.35. The Kier molecular flexibility index (Phi) is 23.7. The molecule has 0 unspecified atom stereocenters. The van der Waals surface area contributed by atoms with E-state index in [1.165, 1.54) is 44.9 Å². The van der Waals surface area contributed by atoms with Gasteiger partial charge >= 0.3 is 0 Å². The average molecular weight is 255 g/mol. The Bertz CT molecular complexity index is 196. The molecule has 0 saturated heterocycles. The van der Waals surface area contributed by atoms with Crippen LogP contribution >= 0.6 is 0 Å². The Labute approximate surface area is 118 Å². The van der Waals surface area contributed by atoms with Crippen LogP contribution < -0.4 is 0 Å². The van der Waals surface area contributed by atoms with Gasteiger partial charge in [0.05, 0.1) is 0 Å². The van der Waals surface area contributed by atoms with E-state index in [-0.39, 0.29) is 7.43 Å². The van der Waals surface area contributed by atoms with Crippen molar-refractivity contribution in [3.63, 3.8) is 0 Å². The first kappa shape index (κ1) is 22.6. The highest BCUT2D eigenvalue weighted by atomic mass is 14.0. The van der Waals surface area contributed by atoms with Crippen molar-refractivity contribution < 1.29 is 0 Å². The summed E-state index contributed by atoms with van der Waals surface area (Å²) in [5.41, 5.74) is 3.17. The van der Waals surface area contributed by atoms with Gasteiger partial charge in [-0.05, 0) is 58.8 Å². The number of hydrogen-bond acceptors (Lipinski definition) is 0. The van der Waals surface area contributed by atoms with E-state index in [9.17, 15) is 0 Å².